The molecule has 1 unspecified atom stereocenters. The predicted octanol–water partition coefficient (Wildman–Crippen LogP) is 4.92. The van der Waals surface area contributed by atoms with Gasteiger partial charge in [0.2, 0.25) is 0 Å². The summed E-state index contributed by atoms with van der Waals surface area (Å²) in [5.74, 6) is -5.43. The summed E-state index contributed by atoms with van der Waals surface area (Å²) < 4.78 is 87.9. The Morgan fingerprint density at radius 1 is 1.14 bits per heavy atom. The van der Waals surface area contributed by atoms with Gasteiger partial charge in [-0.1, -0.05) is 13.0 Å². The topological polar surface area (TPSA) is 78.2 Å². The Morgan fingerprint density at radius 3 is 2.34 bits per heavy atom. The van der Waals surface area contributed by atoms with Crippen molar-refractivity contribution in [1.29, 1.82) is 0 Å². The summed E-state index contributed by atoms with van der Waals surface area (Å²) in [6.45, 7) is 3.17. The van der Waals surface area contributed by atoms with Crippen molar-refractivity contribution in [3.8, 4) is 11.4 Å². The minimum absolute atomic E-state index is 0.221. The second kappa shape index (κ2) is 9.84. The number of anilines is 1. The van der Waals surface area contributed by atoms with Gasteiger partial charge in [-0.15, -0.1) is 0 Å². The van der Waals surface area contributed by atoms with Crippen molar-refractivity contribution in [3.63, 3.8) is 0 Å². The summed E-state index contributed by atoms with van der Waals surface area (Å²) >= 11 is 0. The van der Waals surface area contributed by atoms with Crippen LogP contribution in [0, 0.1) is 24.4 Å². The quantitative estimate of drug-likeness (QED) is 0.465. The molecule has 1 N–H and O–H groups in total. The molecule has 1 heterocycles. The average Bonchev–Trinajstić information content (AvgIpc) is 3.07. The highest BCUT2D eigenvalue weighted by molar-refractivity contribution is 6.06. The molecule has 1 aromatic heterocycles. The van der Waals surface area contributed by atoms with Crippen LogP contribution in [0.3, 0.4) is 0 Å². The van der Waals surface area contributed by atoms with Crippen molar-refractivity contribution in [2.45, 2.75) is 39.4 Å². The number of nitrogens with one attached hydrogen (secondary N) is 1. The molecule has 35 heavy (non-hydrogen) atoms. The van der Waals surface area contributed by atoms with Crippen molar-refractivity contribution in [2.75, 3.05) is 11.9 Å². The molecule has 0 saturated heterocycles. The summed E-state index contributed by atoms with van der Waals surface area (Å²) in [5.41, 5.74) is -3.01. The van der Waals surface area contributed by atoms with Gasteiger partial charge in [-0.2, -0.15) is 23.0 Å². The molecule has 0 bridgehead atoms. The third-order valence-corrected chi connectivity index (χ3v) is 5.13. The molecular weight excluding hydrogens is 482 g/mol. The summed E-state index contributed by atoms with van der Waals surface area (Å²) in [6.07, 6.45) is -4.29. The maximum atomic E-state index is 15.0. The zero-order valence-corrected chi connectivity index (χ0v) is 18.7. The lowest BCUT2D eigenvalue weighted by atomic mass is 10.1. The largest absolute Gasteiger partial charge is 0.483 e. The predicted molar refractivity (Wildman–Crippen MR) is 113 cm³/mol. The third-order valence-electron chi connectivity index (χ3n) is 5.13. The van der Waals surface area contributed by atoms with E-state index in [1.807, 2.05) is 12.2 Å². The Labute approximate surface area is 194 Å². The molecule has 7 nitrogen and oxygen atoms in total. The lowest BCUT2D eigenvalue weighted by Crippen LogP contribution is -2.27. The number of alkyl halides is 3. The number of hydrogen-bond donors (Lipinski definition) is 1. The Morgan fingerprint density at radius 2 is 1.77 bits per heavy atom. The monoisotopic (exact) mass is 502 g/mol. The minimum atomic E-state index is -4.83. The van der Waals surface area contributed by atoms with E-state index in [9.17, 15) is 31.5 Å². The molecule has 0 saturated carbocycles. The maximum absolute atomic E-state index is 15.0. The van der Waals surface area contributed by atoms with Gasteiger partial charge in [0.25, 0.3) is 5.91 Å². The molecule has 13 heteroatoms. The van der Waals surface area contributed by atoms with Crippen LogP contribution in [-0.4, -0.2) is 33.0 Å². The number of benzene rings is 2. The van der Waals surface area contributed by atoms with E-state index in [0.29, 0.717) is 23.2 Å². The first-order valence-corrected chi connectivity index (χ1v) is 10.3. The van der Waals surface area contributed by atoms with E-state index in [-0.39, 0.29) is 11.9 Å². The Bertz CT molecular complexity index is 1300. The van der Waals surface area contributed by atoms with E-state index < -0.39 is 64.5 Å². The number of amides is 1. The van der Waals surface area contributed by atoms with E-state index in [2.05, 4.69) is 5.10 Å². The Balaban J connectivity index is 2.12. The van der Waals surface area contributed by atoms with Crippen LogP contribution in [0.5, 0.6) is 5.75 Å². The van der Waals surface area contributed by atoms with Gasteiger partial charge in [0.1, 0.15) is 40.4 Å². The van der Waals surface area contributed by atoms with Crippen molar-refractivity contribution in [2.24, 2.45) is 0 Å². The van der Waals surface area contributed by atoms with Gasteiger partial charge in [0, 0.05) is 12.1 Å². The fourth-order valence-electron chi connectivity index (χ4n) is 3.28. The number of carbonyl (C=O) groups excluding carboxylic acids is 1. The molecule has 188 valence electrons. The highest BCUT2D eigenvalue weighted by atomic mass is 19.4. The lowest BCUT2D eigenvalue weighted by molar-refractivity contribution is -0.153. The smallest absolute Gasteiger partial charge is 0.422 e. The number of rotatable bonds is 7. The summed E-state index contributed by atoms with van der Waals surface area (Å²) in [5, 5.41) is 5.84. The number of para-hydroxylation sites is 1. The van der Waals surface area contributed by atoms with Crippen LogP contribution >= 0.6 is 0 Å². The Kier molecular flexibility index (Phi) is 7.27. The molecule has 0 radical (unpaired) electrons. The number of carbonyl (C=O) groups is 1. The van der Waals surface area contributed by atoms with Crippen LogP contribution in [0.15, 0.2) is 35.1 Å². The second-order valence-corrected chi connectivity index (χ2v) is 7.62. The molecule has 3 aromatic rings. The first kappa shape index (κ1) is 25.8. The van der Waals surface area contributed by atoms with Gasteiger partial charge in [-0.25, -0.2) is 18.0 Å². The maximum Gasteiger partial charge on any atom is 0.422 e. The highest BCUT2D eigenvalue weighted by Crippen LogP contribution is 2.29. The van der Waals surface area contributed by atoms with Crippen molar-refractivity contribution >= 4 is 11.6 Å². The molecule has 1 amide bonds. The molecule has 0 aliphatic rings. The van der Waals surface area contributed by atoms with Crippen LogP contribution < -0.4 is 15.7 Å². The average molecular weight is 502 g/mol. The number of aryl methyl sites for hydroxylation is 1. The molecule has 1 atom stereocenters. The molecular formula is C22H20F6N4O3. The van der Waals surface area contributed by atoms with Crippen LogP contribution in [0.2, 0.25) is 0 Å². The molecule has 3 rings (SSSR count). The first-order chi connectivity index (χ1) is 16.3. The van der Waals surface area contributed by atoms with Crippen LogP contribution in [-0.2, 0) is 0 Å². The number of ether oxygens (including phenoxy) is 1. The molecule has 0 aliphatic heterocycles. The van der Waals surface area contributed by atoms with Gasteiger partial charge in [0.15, 0.2) is 6.61 Å². The van der Waals surface area contributed by atoms with E-state index in [1.54, 1.807) is 6.92 Å². The summed E-state index contributed by atoms with van der Waals surface area (Å²) in [7, 11) is 0. The minimum Gasteiger partial charge on any atom is -0.483 e. The standard InChI is InChI=1S/C22H20F6N4O3/c1-4-11(2)31-12(3)30-32(21(31)34)17-9-18(35-10-22(26,27)28)13(8-16(17)25)20(33)29-19-14(23)6-5-7-15(19)24/h5-9,11H,4,10H2,1-3H3,(H,29,33). The van der Waals surface area contributed by atoms with Gasteiger partial charge in [-0.05, 0) is 38.5 Å². The molecule has 2 aromatic carbocycles. The molecule has 0 fully saturated rings. The summed E-state index contributed by atoms with van der Waals surface area (Å²) in [6, 6.07) is 3.60. The number of hydrogen-bond acceptors (Lipinski definition) is 4. The van der Waals surface area contributed by atoms with Crippen LogP contribution in [0.25, 0.3) is 5.69 Å². The van der Waals surface area contributed by atoms with Crippen molar-refractivity contribution < 1.29 is 35.9 Å². The lowest BCUT2D eigenvalue weighted by Gasteiger charge is -2.15. The second-order valence-electron chi connectivity index (χ2n) is 7.62. The van der Waals surface area contributed by atoms with Crippen LogP contribution in [0.4, 0.5) is 32.0 Å². The van der Waals surface area contributed by atoms with E-state index in [0.717, 1.165) is 18.2 Å². The van der Waals surface area contributed by atoms with Gasteiger partial charge >= 0.3 is 11.9 Å². The molecule has 0 spiro atoms. The molecule has 0 aliphatic carbocycles. The zero-order chi connectivity index (χ0) is 26.1. The van der Waals surface area contributed by atoms with Gasteiger partial charge in [-0.3, -0.25) is 9.36 Å². The number of halogens is 6. The summed E-state index contributed by atoms with van der Waals surface area (Å²) in [4.78, 5) is 25.5. The first-order valence-electron chi connectivity index (χ1n) is 10.3. The van der Waals surface area contributed by atoms with E-state index in [1.165, 1.54) is 11.5 Å². The fraction of sp³-hybridized carbons (Fsp3) is 0.318. The van der Waals surface area contributed by atoms with E-state index in [4.69, 9.17) is 4.74 Å². The van der Waals surface area contributed by atoms with Crippen molar-refractivity contribution in [1.82, 2.24) is 14.3 Å². The number of aromatic nitrogens is 3. The van der Waals surface area contributed by atoms with Crippen LogP contribution in [0.1, 0.15) is 42.5 Å². The number of nitrogens with zero attached hydrogens (tertiary/aromatic N) is 3. The third kappa shape index (κ3) is 5.49. The highest BCUT2D eigenvalue weighted by Gasteiger charge is 2.30. The normalized spacial score (nSPS) is 12.5. The van der Waals surface area contributed by atoms with Crippen molar-refractivity contribution in [3.05, 3.63) is 69.7 Å². The SMILES string of the molecule is CCC(C)n1c(C)nn(-c2cc(OCC(F)(F)F)c(C(=O)Nc3c(F)cccc3F)cc2F)c1=O. The zero-order valence-electron chi connectivity index (χ0n) is 18.7. The Hall–Kier alpha value is -3.77. The fourth-order valence-corrected chi connectivity index (χ4v) is 3.28. The van der Waals surface area contributed by atoms with E-state index >= 15 is 4.39 Å². The van der Waals surface area contributed by atoms with Gasteiger partial charge in [0.05, 0.1) is 5.56 Å². The van der Waals surface area contributed by atoms with Gasteiger partial charge < -0.3 is 10.1 Å².